The van der Waals surface area contributed by atoms with E-state index < -0.39 is 11.6 Å². The van der Waals surface area contributed by atoms with E-state index in [1.54, 1.807) is 20.2 Å². The number of rotatable bonds is 10. The fourth-order valence-electron chi connectivity index (χ4n) is 2.23. The molecule has 0 aliphatic carbocycles. The normalized spacial score (nSPS) is 11.4. The summed E-state index contributed by atoms with van der Waals surface area (Å²) < 4.78 is 31.7. The van der Waals surface area contributed by atoms with E-state index in [2.05, 4.69) is 27.6 Å². The Morgan fingerprint density at radius 3 is 2.60 bits per heavy atom. The third-order valence-electron chi connectivity index (χ3n) is 3.62. The summed E-state index contributed by atoms with van der Waals surface area (Å²) in [5.41, 5.74) is 0.357. The molecule has 0 aliphatic rings. The van der Waals surface area contributed by atoms with Crippen LogP contribution in [0.25, 0.3) is 0 Å². The first-order valence-electron chi connectivity index (χ1n) is 8.13. The molecule has 0 amide bonds. The van der Waals surface area contributed by atoms with Gasteiger partial charge in [-0.3, -0.25) is 4.99 Å². The van der Waals surface area contributed by atoms with Gasteiger partial charge in [-0.25, -0.2) is 8.78 Å². The molecule has 0 atom stereocenters. The van der Waals surface area contributed by atoms with Crippen molar-refractivity contribution in [3.05, 3.63) is 35.4 Å². The molecule has 0 fully saturated rings. The molecule has 1 aromatic carbocycles. The number of methoxy groups -OCH3 is 1. The van der Waals surface area contributed by atoms with Crippen LogP contribution in [0.3, 0.4) is 0 Å². The van der Waals surface area contributed by atoms with E-state index in [9.17, 15) is 8.78 Å². The van der Waals surface area contributed by atoms with Crippen molar-refractivity contribution < 1.29 is 13.5 Å². The average molecular weight is 470 g/mol. The summed E-state index contributed by atoms with van der Waals surface area (Å²) in [6, 6.07) is 4.22. The van der Waals surface area contributed by atoms with Gasteiger partial charge in [-0.15, -0.1) is 24.0 Å². The van der Waals surface area contributed by atoms with Crippen LogP contribution in [0.4, 0.5) is 8.78 Å². The maximum Gasteiger partial charge on any atom is 0.191 e. The summed E-state index contributed by atoms with van der Waals surface area (Å²) in [6.45, 7) is 3.84. The molecule has 0 aliphatic heterocycles. The number of halogens is 3. The van der Waals surface area contributed by atoms with Crippen molar-refractivity contribution in [1.82, 2.24) is 15.5 Å². The van der Waals surface area contributed by atoms with Gasteiger partial charge >= 0.3 is 0 Å². The zero-order valence-electron chi connectivity index (χ0n) is 15.1. The van der Waals surface area contributed by atoms with Gasteiger partial charge in [-0.1, -0.05) is 12.1 Å². The summed E-state index contributed by atoms with van der Waals surface area (Å²) >= 11 is 0. The first-order chi connectivity index (χ1) is 11.6. The lowest BCUT2D eigenvalue weighted by atomic mass is 10.1. The van der Waals surface area contributed by atoms with Gasteiger partial charge in [0.1, 0.15) is 0 Å². The van der Waals surface area contributed by atoms with E-state index in [-0.39, 0.29) is 24.0 Å². The van der Waals surface area contributed by atoms with E-state index in [1.807, 2.05) is 0 Å². The number of nitrogens with one attached hydrogen (secondary N) is 2. The lowest BCUT2D eigenvalue weighted by Crippen LogP contribution is -2.41. The number of aliphatic imine (C=N–C) groups is 1. The summed E-state index contributed by atoms with van der Waals surface area (Å²) in [5.74, 6) is -0.941. The Morgan fingerprint density at radius 1 is 1.20 bits per heavy atom. The quantitative estimate of drug-likeness (QED) is 0.239. The molecule has 2 N–H and O–H groups in total. The predicted molar refractivity (Wildman–Crippen MR) is 109 cm³/mol. The molecule has 0 aromatic heterocycles. The van der Waals surface area contributed by atoms with Gasteiger partial charge in [0.25, 0.3) is 0 Å². The minimum atomic E-state index is -0.813. The molecule has 0 radical (unpaired) electrons. The van der Waals surface area contributed by atoms with Gasteiger partial charge in [0.2, 0.25) is 0 Å². The number of guanidine groups is 1. The SMILES string of the molecule is CN=C(NCCc1cccc(F)c1F)NCCN(C)CCCOC.I. The molecule has 144 valence electrons. The molecule has 5 nitrogen and oxygen atoms in total. The first kappa shape index (κ1) is 24.0. The highest BCUT2D eigenvalue weighted by Gasteiger charge is 2.07. The Hall–Kier alpha value is -1.00. The molecule has 1 rings (SSSR count). The molecule has 0 saturated heterocycles. The number of likely N-dealkylation sites (N-methyl/N-ethyl adjacent to an activating group) is 1. The summed E-state index contributed by atoms with van der Waals surface area (Å²) in [4.78, 5) is 6.33. The van der Waals surface area contributed by atoms with Gasteiger partial charge in [-0.05, 0) is 31.5 Å². The Labute approximate surface area is 166 Å². The van der Waals surface area contributed by atoms with E-state index in [0.717, 1.165) is 38.7 Å². The zero-order valence-corrected chi connectivity index (χ0v) is 17.5. The Bertz CT molecular complexity index is 517. The third kappa shape index (κ3) is 9.91. The van der Waals surface area contributed by atoms with Crippen LogP contribution in [0.1, 0.15) is 12.0 Å². The van der Waals surface area contributed by atoms with Crippen molar-refractivity contribution in [3.63, 3.8) is 0 Å². The second-order valence-electron chi connectivity index (χ2n) is 5.54. The lowest BCUT2D eigenvalue weighted by molar-refractivity contribution is 0.180. The van der Waals surface area contributed by atoms with Crippen molar-refractivity contribution in [3.8, 4) is 0 Å². The van der Waals surface area contributed by atoms with E-state index in [0.29, 0.717) is 24.5 Å². The van der Waals surface area contributed by atoms with Crippen molar-refractivity contribution in [2.45, 2.75) is 12.8 Å². The van der Waals surface area contributed by atoms with Crippen molar-refractivity contribution >= 4 is 29.9 Å². The van der Waals surface area contributed by atoms with Crippen molar-refractivity contribution in [1.29, 1.82) is 0 Å². The van der Waals surface area contributed by atoms with Crippen LogP contribution in [0.2, 0.25) is 0 Å². The van der Waals surface area contributed by atoms with Gasteiger partial charge in [-0.2, -0.15) is 0 Å². The minimum absolute atomic E-state index is 0. The summed E-state index contributed by atoms with van der Waals surface area (Å²) in [6.07, 6.45) is 1.39. The number of ether oxygens (including phenoxy) is 1. The van der Waals surface area contributed by atoms with Crippen LogP contribution >= 0.6 is 24.0 Å². The largest absolute Gasteiger partial charge is 0.385 e. The molecule has 0 bridgehead atoms. The molecule has 25 heavy (non-hydrogen) atoms. The van der Waals surface area contributed by atoms with E-state index >= 15 is 0 Å². The topological polar surface area (TPSA) is 48.9 Å². The number of hydrogen-bond acceptors (Lipinski definition) is 3. The van der Waals surface area contributed by atoms with Crippen molar-refractivity contribution in [2.75, 3.05) is 54.0 Å². The number of nitrogens with zero attached hydrogens (tertiary/aromatic N) is 2. The van der Waals surface area contributed by atoms with Gasteiger partial charge < -0.3 is 20.3 Å². The molecule has 8 heteroatoms. The molecule has 1 aromatic rings. The van der Waals surface area contributed by atoms with Crippen LogP contribution in [0.5, 0.6) is 0 Å². The number of benzene rings is 1. The van der Waals surface area contributed by atoms with Gasteiger partial charge in [0.05, 0.1) is 0 Å². The Balaban J connectivity index is 0.00000576. The predicted octanol–water partition coefficient (Wildman–Crippen LogP) is 2.26. The molecule has 0 saturated carbocycles. The maximum atomic E-state index is 13.6. The van der Waals surface area contributed by atoms with Crippen LogP contribution < -0.4 is 10.6 Å². The maximum absolute atomic E-state index is 13.6. The van der Waals surface area contributed by atoms with Crippen LogP contribution in [0.15, 0.2) is 23.2 Å². The highest BCUT2D eigenvalue weighted by atomic mass is 127. The fraction of sp³-hybridized carbons (Fsp3) is 0.588. The molecular weight excluding hydrogens is 441 g/mol. The summed E-state index contributed by atoms with van der Waals surface area (Å²) in [7, 11) is 5.44. The molecule has 0 spiro atoms. The molecular formula is C17H29F2IN4O. The Kier molecular flexibility index (Phi) is 13.6. The zero-order chi connectivity index (χ0) is 17.8. The van der Waals surface area contributed by atoms with Crippen LogP contribution in [-0.4, -0.2) is 64.9 Å². The minimum Gasteiger partial charge on any atom is -0.385 e. The van der Waals surface area contributed by atoms with E-state index in [1.165, 1.54) is 6.07 Å². The molecule has 0 heterocycles. The number of hydrogen-bond donors (Lipinski definition) is 2. The standard InChI is InChI=1S/C17H28F2N4O.HI/c1-20-17(22-10-12-23(2)11-5-13-24-3)21-9-8-14-6-4-7-15(18)16(14)19;/h4,6-7H,5,8-13H2,1-3H3,(H2,20,21,22);1H. The second kappa shape index (κ2) is 14.2. The second-order valence-corrected chi connectivity index (χ2v) is 5.54. The van der Waals surface area contributed by atoms with Crippen LogP contribution in [0, 0.1) is 11.6 Å². The fourth-order valence-corrected chi connectivity index (χ4v) is 2.23. The van der Waals surface area contributed by atoms with Crippen molar-refractivity contribution in [2.24, 2.45) is 4.99 Å². The average Bonchev–Trinajstić information content (AvgIpc) is 2.57. The summed E-state index contributed by atoms with van der Waals surface area (Å²) in [5, 5.41) is 6.30. The first-order valence-corrected chi connectivity index (χ1v) is 8.13. The van der Waals surface area contributed by atoms with E-state index in [4.69, 9.17) is 4.74 Å². The Morgan fingerprint density at radius 2 is 1.92 bits per heavy atom. The highest BCUT2D eigenvalue weighted by Crippen LogP contribution is 2.11. The smallest absolute Gasteiger partial charge is 0.191 e. The molecule has 0 unspecified atom stereocenters. The van der Waals surface area contributed by atoms with Crippen LogP contribution in [-0.2, 0) is 11.2 Å². The third-order valence-corrected chi connectivity index (χ3v) is 3.62. The van der Waals surface area contributed by atoms with Gasteiger partial charge in [0.15, 0.2) is 17.6 Å². The lowest BCUT2D eigenvalue weighted by Gasteiger charge is -2.18. The van der Waals surface area contributed by atoms with Gasteiger partial charge in [0, 0.05) is 46.9 Å². The highest BCUT2D eigenvalue weighted by molar-refractivity contribution is 14.0. The monoisotopic (exact) mass is 470 g/mol.